The number of aliphatic imine (C=N–C) groups is 1. The van der Waals surface area contributed by atoms with E-state index in [1.807, 2.05) is 37.5 Å². The first-order valence-corrected chi connectivity index (χ1v) is 9.26. The fourth-order valence-electron chi connectivity index (χ4n) is 2.55. The van der Waals surface area contributed by atoms with Gasteiger partial charge in [0.15, 0.2) is 5.96 Å². The van der Waals surface area contributed by atoms with E-state index in [9.17, 15) is 0 Å². The van der Waals surface area contributed by atoms with Gasteiger partial charge in [0.1, 0.15) is 0 Å². The molecule has 128 valence electrons. The molecule has 2 N–H and O–H groups in total. The molecule has 0 saturated heterocycles. The molecule has 0 atom stereocenters. The highest BCUT2D eigenvalue weighted by Crippen LogP contribution is 2.51. The number of benzene rings is 1. The van der Waals surface area contributed by atoms with Gasteiger partial charge in [-0.15, -0.1) is 11.8 Å². The van der Waals surface area contributed by atoms with Gasteiger partial charge in [-0.2, -0.15) is 0 Å². The zero-order chi connectivity index (χ0) is 16.7. The van der Waals surface area contributed by atoms with Crippen LogP contribution < -0.4 is 10.6 Å². The van der Waals surface area contributed by atoms with E-state index in [2.05, 4.69) is 55.5 Å². The molecule has 1 heterocycles. The standard InChI is InChI=1S/C18H25N5S/c1-19-17(21-10-5-12-23-13-11-20-15-23)22-14-18(8-9-18)24-16-6-3-2-4-7-16/h2-4,6-7,11,13,15H,5,8-10,12,14H2,1H3,(H2,19,21,22). The van der Waals surface area contributed by atoms with Crippen LogP contribution in [0, 0.1) is 0 Å². The Morgan fingerprint density at radius 1 is 1.29 bits per heavy atom. The molecule has 1 saturated carbocycles. The maximum atomic E-state index is 4.33. The molecule has 3 rings (SSSR count). The summed E-state index contributed by atoms with van der Waals surface area (Å²) in [4.78, 5) is 9.73. The summed E-state index contributed by atoms with van der Waals surface area (Å²) in [7, 11) is 1.83. The first-order chi connectivity index (χ1) is 11.8. The van der Waals surface area contributed by atoms with E-state index in [1.54, 1.807) is 0 Å². The molecule has 1 aromatic carbocycles. The van der Waals surface area contributed by atoms with Crippen molar-refractivity contribution < 1.29 is 0 Å². The highest BCUT2D eigenvalue weighted by molar-refractivity contribution is 8.01. The Morgan fingerprint density at radius 2 is 2.12 bits per heavy atom. The van der Waals surface area contributed by atoms with E-state index < -0.39 is 0 Å². The third-order valence-electron chi connectivity index (χ3n) is 4.13. The number of imidazole rings is 1. The zero-order valence-corrected chi connectivity index (χ0v) is 14.9. The number of thioether (sulfide) groups is 1. The minimum atomic E-state index is 0.329. The summed E-state index contributed by atoms with van der Waals surface area (Å²) in [5.74, 6) is 0.889. The molecule has 0 radical (unpaired) electrons. The predicted octanol–water partition coefficient (Wildman–Crippen LogP) is 2.76. The highest BCUT2D eigenvalue weighted by atomic mass is 32.2. The lowest BCUT2D eigenvalue weighted by molar-refractivity contribution is 0.623. The second-order valence-electron chi connectivity index (χ2n) is 6.10. The zero-order valence-electron chi connectivity index (χ0n) is 14.1. The SMILES string of the molecule is CN=C(NCCCn1ccnc1)NCC1(Sc2ccccc2)CC1. The van der Waals surface area contributed by atoms with Gasteiger partial charge in [0.05, 0.1) is 6.33 Å². The summed E-state index contributed by atoms with van der Waals surface area (Å²) in [5, 5.41) is 6.88. The van der Waals surface area contributed by atoms with Crippen molar-refractivity contribution in [3.63, 3.8) is 0 Å². The molecule has 0 amide bonds. The van der Waals surface area contributed by atoms with Crippen LogP contribution in [0.15, 0.2) is 58.9 Å². The maximum absolute atomic E-state index is 4.33. The lowest BCUT2D eigenvalue weighted by Crippen LogP contribution is -2.41. The fourth-order valence-corrected chi connectivity index (χ4v) is 3.79. The second-order valence-corrected chi connectivity index (χ2v) is 7.65. The molecular formula is C18H25N5S. The monoisotopic (exact) mass is 343 g/mol. The molecule has 0 bridgehead atoms. The summed E-state index contributed by atoms with van der Waals surface area (Å²) in [6, 6.07) is 10.7. The molecule has 1 fully saturated rings. The van der Waals surface area contributed by atoms with E-state index in [4.69, 9.17) is 0 Å². The van der Waals surface area contributed by atoms with Crippen LogP contribution in [0.3, 0.4) is 0 Å². The third-order valence-corrected chi connectivity index (χ3v) is 5.63. The van der Waals surface area contributed by atoms with Gasteiger partial charge >= 0.3 is 0 Å². The average Bonchev–Trinajstić information content (AvgIpc) is 3.17. The number of aryl methyl sites for hydroxylation is 1. The van der Waals surface area contributed by atoms with E-state index in [1.165, 1.54) is 17.7 Å². The van der Waals surface area contributed by atoms with Crippen LogP contribution in [0.25, 0.3) is 0 Å². The van der Waals surface area contributed by atoms with Gasteiger partial charge < -0.3 is 15.2 Å². The van der Waals surface area contributed by atoms with Crippen molar-refractivity contribution in [3.05, 3.63) is 49.1 Å². The molecule has 2 aromatic rings. The van der Waals surface area contributed by atoms with Crippen LogP contribution >= 0.6 is 11.8 Å². The van der Waals surface area contributed by atoms with Gasteiger partial charge in [-0.3, -0.25) is 4.99 Å². The van der Waals surface area contributed by atoms with Crippen molar-refractivity contribution in [2.45, 2.75) is 35.4 Å². The number of rotatable bonds is 8. The van der Waals surface area contributed by atoms with Crippen LogP contribution in [-0.4, -0.2) is 40.4 Å². The number of hydrogen-bond acceptors (Lipinski definition) is 3. The van der Waals surface area contributed by atoms with Crippen molar-refractivity contribution in [1.82, 2.24) is 20.2 Å². The van der Waals surface area contributed by atoms with Crippen molar-refractivity contribution in [3.8, 4) is 0 Å². The number of guanidine groups is 1. The fraction of sp³-hybridized carbons (Fsp3) is 0.444. The van der Waals surface area contributed by atoms with E-state index in [0.29, 0.717) is 4.75 Å². The minimum absolute atomic E-state index is 0.329. The van der Waals surface area contributed by atoms with Gasteiger partial charge in [-0.1, -0.05) is 18.2 Å². The Kier molecular flexibility index (Phi) is 5.80. The summed E-state index contributed by atoms with van der Waals surface area (Å²) < 4.78 is 2.42. The largest absolute Gasteiger partial charge is 0.356 e. The molecular weight excluding hydrogens is 318 g/mol. The van der Waals surface area contributed by atoms with Gasteiger partial charge in [-0.25, -0.2) is 4.98 Å². The normalized spacial score (nSPS) is 16.0. The third kappa shape index (κ3) is 5.03. The quantitative estimate of drug-likeness (QED) is 0.440. The van der Waals surface area contributed by atoms with Crippen molar-refractivity contribution in [2.24, 2.45) is 4.99 Å². The van der Waals surface area contributed by atoms with Crippen LogP contribution in [0.5, 0.6) is 0 Å². The van der Waals surface area contributed by atoms with E-state index >= 15 is 0 Å². The molecule has 6 heteroatoms. The summed E-state index contributed by atoms with van der Waals surface area (Å²) >= 11 is 1.98. The Balaban J connectivity index is 1.38. The van der Waals surface area contributed by atoms with Gasteiger partial charge in [0.2, 0.25) is 0 Å². The van der Waals surface area contributed by atoms with Gasteiger partial charge in [-0.05, 0) is 31.4 Å². The smallest absolute Gasteiger partial charge is 0.191 e. The number of aromatic nitrogens is 2. The van der Waals surface area contributed by atoms with Crippen molar-refractivity contribution in [2.75, 3.05) is 20.1 Å². The van der Waals surface area contributed by atoms with Gasteiger partial charge in [0.25, 0.3) is 0 Å². The molecule has 1 aliphatic rings. The predicted molar refractivity (Wildman–Crippen MR) is 100 cm³/mol. The average molecular weight is 344 g/mol. The van der Waals surface area contributed by atoms with Crippen LogP contribution in [0.4, 0.5) is 0 Å². The molecule has 0 spiro atoms. The Labute approximate surface area is 148 Å². The Morgan fingerprint density at radius 3 is 2.79 bits per heavy atom. The first kappa shape index (κ1) is 16.9. The lowest BCUT2D eigenvalue weighted by atomic mass is 10.4. The Hall–Kier alpha value is -1.95. The molecule has 1 aliphatic carbocycles. The van der Waals surface area contributed by atoms with E-state index in [0.717, 1.165) is 32.0 Å². The molecule has 0 unspecified atom stereocenters. The summed E-state index contributed by atoms with van der Waals surface area (Å²) in [5.41, 5.74) is 0. The topological polar surface area (TPSA) is 54.2 Å². The molecule has 0 aliphatic heterocycles. The second kappa shape index (κ2) is 8.24. The summed E-state index contributed by atoms with van der Waals surface area (Å²) in [6.45, 7) is 2.82. The van der Waals surface area contributed by atoms with Crippen LogP contribution in [0.1, 0.15) is 19.3 Å². The molecule has 5 nitrogen and oxygen atoms in total. The van der Waals surface area contributed by atoms with Crippen molar-refractivity contribution >= 4 is 17.7 Å². The van der Waals surface area contributed by atoms with Crippen LogP contribution in [0.2, 0.25) is 0 Å². The lowest BCUT2D eigenvalue weighted by Gasteiger charge is -2.18. The number of hydrogen-bond donors (Lipinski definition) is 2. The number of nitrogens with zero attached hydrogens (tertiary/aromatic N) is 3. The molecule has 24 heavy (non-hydrogen) atoms. The van der Waals surface area contributed by atoms with Crippen molar-refractivity contribution in [1.29, 1.82) is 0 Å². The highest BCUT2D eigenvalue weighted by Gasteiger charge is 2.43. The van der Waals surface area contributed by atoms with Gasteiger partial charge in [0, 0.05) is 48.7 Å². The van der Waals surface area contributed by atoms with E-state index in [-0.39, 0.29) is 0 Å². The Bertz CT molecular complexity index is 635. The number of nitrogens with one attached hydrogen (secondary N) is 2. The minimum Gasteiger partial charge on any atom is -0.356 e. The summed E-state index contributed by atoms with van der Waals surface area (Å²) in [6.07, 6.45) is 9.22. The first-order valence-electron chi connectivity index (χ1n) is 8.44. The molecule has 1 aromatic heterocycles. The van der Waals surface area contributed by atoms with Crippen LogP contribution in [-0.2, 0) is 6.54 Å². The maximum Gasteiger partial charge on any atom is 0.191 e.